The fourth-order valence-corrected chi connectivity index (χ4v) is 2.62. The Labute approximate surface area is 108 Å². The first kappa shape index (κ1) is 13.3. The molecule has 4 heteroatoms. The summed E-state index contributed by atoms with van der Waals surface area (Å²) in [5, 5.41) is 3.26. The molecule has 0 amide bonds. The van der Waals surface area contributed by atoms with Crippen molar-refractivity contribution in [3.8, 4) is 5.75 Å². The summed E-state index contributed by atoms with van der Waals surface area (Å²) in [6, 6.07) is 5.53. The molecule has 0 aliphatic carbocycles. The predicted molar refractivity (Wildman–Crippen MR) is 70.4 cm³/mol. The second kappa shape index (κ2) is 5.67. The number of benzene rings is 1. The minimum Gasteiger partial charge on any atom is -0.496 e. The van der Waals surface area contributed by atoms with Gasteiger partial charge in [0.25, 0.3) is 0 Å². The van der Waals surface area contributed by atoms with Crippen molar-refractivity contribution in [2.45, 2.75) is 25.9 Å². The van der Waals surface area contributed by atoms with E-state index < -0.39 is 0 Å². The molecule has 1 heterocycles. The van der Waals surface area contributed by atoms with Crippen LogP contribution in [0, 0.1) is 5.82 Å². The Hall–Kier alpha value is -1.13. The third kappa shape index (κ3) is 2.35. The van der Waals surface area contributed by atoms with Crippen LogP contribution in [0.15, 0.2) is 18.2 Å². The van der Waals surface area contributed by atoms with Crippen LogP contribution in [-0.2, 0) is 0 Å². The second-order valence-corrected chi connectivity index (χ2v) is 4.67. The normalized spacial score (nSPS) is 17.6. The molecule has 0 radical (unpaired) electrons. The lowest BCUT2D eigenvalue weighted by atomic mass is 10.0. The van der Waals surface area contributed by atoms with Crippen molar-refractivity contribution in [2.75, 3.05) is 26.7 Å². The number of nitrogens with zero attached hydrogens (tertiary/aromatic N) is 1. The highest BCUT2D eigenvalue weighted by molar-refractivity contribution is 5.37. The van der Waals surface area contributed by atoms with Crippen molar-refractivity contribution < 1.29 is 9.13 Å². The van der Waals surface area contributed by atoms with Crippen LogP contribution in [0.2, 0.25) is 0 Å². The van der Waals surface area contributed by atoms with Crippen molar-refractivity contribution in [1.29, 1.82) is 0 Å². The van der Waals surface area contributed by atoms with Crippen molar-refractivity contribution in [2.24, 2.45) is 0 Å². The number of hydrogen-bond donors (Lipinski definition) is 1. The molecule has 0 spiro atoms. The van der Waals surface area contributed by atoms with Crippen molar-refractivity contribution >= 4 is 0 Å². The largest absolute Gasteiger partial charge is 0.496 e. The van der Waals surface area contributed by atoms with E-state index in [2.05, 4.69) is 17.1 Å². The molecule has 100 valence electrons. The number of halogens is 1. The summed E-state index contributed by atoms with van der Waals surface area (Å²) in [4.78, 5) is 2.32. The lowest BCUT2D eigenvalue weighted by Crippen LogP contribution is -2.57. The van der Waals surface area contributed by atoms with Gasteiger partial charge < -0.3 is 10.1 Å². The Bertz CT molecular complexity index is 407. The zero-order valence-corrected chi connectivity index (χ0v) is 11.2. The molecular weight excluding hydrogens is 231 g/mol. The van der Waals surface area contributed by atoms with E-state index in [-0.39, 0.29) is 11.9 Å². The van der Waals surface area contributed by atoms with Crippen molar-refractivity contribution in [3.63, 3.8) is 0 Å². The van der Waals surface area contributed by atoms with Crippen LogP contribution >= 0.6 is 0 Å². The average Bonchev–Trinajstić information content (AvgIpc) is 2.32. The van der Waals surface area contributed by atoms with Crippen LogP contribution in [0.4, 0.5) is 4.39 Å². The fourth-order valence-electron chi connectivity index (χ4n) is 2.62. The van der Waals surface area contributed by atoms with Gasteiger partial charge in [-0.15, -0.1) is 0 Å². The molecule has 1 fully saturated rings. The van der Waals surface area contributed by atoms with Gasteiger partial charge in [0.15, 0.2) is 0 Å². The molecule has 3 nitrogen and oxygen atoms in total. The van der Waals surface area contributed by atoms with Crippen LogP contribution < -0.4 is 10.1 Å². The van der Waals surface area contributed by atoms with Gasteiger partial charge in [0, 0.05) is 30.7 Å². The summed E-state index contributed by atoms with van der Waals surface area (Å²) in [5.74, 6) is 0.445. The van der Waals surface area contributed by atoms with Crippen LogP contribution in [0.1, 0.15) is 25.5 Å². The molecule has 1 saturated heterocycles. The monoisotopic (exact) mass is 252 g/mol. The van der Waals surface area contributed by atoms with Gasteiger partial charge in [0.2, 0.25) is 0 Å². The molecule has 18 heavy (non-hydrogen) atoms. The van der Waals surface area contributed by atoms with Gasteiger partial charge in [-0.2, -0.15) is 0 Å². The van der Waals surface area contributed by atoms with Crippen molar-refractivity contribution in [3.05, 3.63) is 29.6 Å². The van der Waals surface area contributed by atoms with Gasteiger partial charge in [-0.1, -0.05) is 13.0 Å². The summed E-state index contributed by atoms with van der Waals surface area (Å²) in [6.45, 7) is 7.03. The highest BCUT2D eigenvalue weighted by Gasteiger charge is 2.30. The van der Waals surface area contributed by atoms with Gasteiger partial charge in [-0.3, -0.25) is 4.90 Å². The number of rotatable bonds is 5. The first-order valence-electron chi connectivity index (χ1n) is 6.47. The molecule has 0 bridgehead atoms. The van der Waals surface area contributed by atoms with E-state index in [1.807, 2.05) is 13.0 Å². The average molecular weight is 252 g/mol. The highest BCUT2D eigenvalue weighted by Crippen LogP contribution is 2.32. The van der Waals surface area contributed by atoms with E-state index in [4.69, 9.17) is 4.74 Å². The van der Waals surface area contributed by atoms with E-state index in [0.717, 1.165) is 19.6 Å². The van der Waals surface area contributed by atoms with E-state index in [0.29, 0.717) is 17.4 Å². The number of nitrogens with one attached hydrogen (secondary N) is 1. The Morgan fingerprint density at radius 2 is 2.22 bits per heavy atom. The summed E-state index contributed by atoms with van der Waals surface area (Å²) in [7, 11) is 1.59. The van der Waals surface area contributed by atoms with Crippen LogP contribution in [0.3, 0.4) is 0 Å². The summed E-state index contributed by atoms with van der Waals surface area (Å²) < 4.78 is 19.3. The van der Waals surface area contributed by atoms with Crippen molar-refractivity contribution in [1.82, 2.24) is 10.2 Å². The molecule has 1 aromatic carbocycles. The summed E-state index contributed by atoms with van der Waals surface area (Å²) in [5.41, 5.74) is 0.661. The summed E-state index contributed by atoms with van der Waals surface area (Å²) >= 11 is 0. The van der Waals surface area contributed by atoms with Gasteiger partial charge in [-0.25, -0.2) is 4.39 Å². The molecule has 1 unspecified atom stereocenters. The third-order valence-corrected chi connectivity index (χ3v) is 3.74. The lowest BCUT2D eigenvalue weighted by molar-refractivity contribution is 0.106. The molecule has 1 atom stereocenters. The van der Waals surface area contributed by atoms with Crippen LogP contribution in [0.25, 0.3) is 0 Å². The molecule has 1 aliphatic rings. The molecule has 1 aromatic rings. The minimum absolute atomic E-state index is 0.0262. The third-order valence-electron chi connectivity index (χ3n) is 3.74. The molecular formula is C14H21FN2O. The first-order chi connectivity index (χ1) is 8.69. The standard InChI is InChI=1S/C14H21FN2O/c1-4-17(11-8-16-9-11)10(2)14-12(15)6-5-7-13(14)18-3/h5-7,10-11,16H,4,8-9H2,1-3H3. The fraction of sp³-hybridized carbons (Fsp3) is 0.571. The van der Waals surface area contributed by atoms with Crippen LogP contribution in [0.5, 0.6) is 5.75 Å². The van der Waals surface area contributed by atoms with Gasteiger partial charge in [0.05, 0.1) is 7.11 Å². The van der Waals surface area contributed by atoms with E-state index in [1.54, 1.807) is 13.2 Å². The van der Waals surface area contributed by atoms with E-state index in [1.165, 1.54) is 6.07 Å². The Morgan fingerprint density at radius 1 is 1.50 bits per heavy atom. The van der Waals surface area contributed by atoms with Crippen LogP contribution in [-0.4, -0.2) is 37.7 Å². The second-order valence-electron chi connectivity index (χ2n) is 4.67. The molecule has 1 aliphatic heterocycles. The zero-order valence-electron chi connectivity index (χ0n) is 11.2. The zero-order chi connectivity index (χ0) is 13.1. The maximum absolute atomic E-state index is 14.0. The number of methoxy groups -OCH3 is 1. The van der Waals surface area contributed by atoms with Gasteiger partial charge in [-0.05, 0) is 25.6 Å². The maximum atomic E-state index is 14.0. The van der Waals surface area contributed by atoms with Gasteiger partial charge >= 0.3 is 0 Å². The minimum atomic E-state index is -0.187. The number of ether oxygens (including phenoxy) is 1. The predicted octanol–water partition coefficient (Wildman–Crippen LogP) is 2.19. The van der Waals surface area contributed by atoms with Gasteiger partial charge in [0.1, 0.15) is 11.6 Å². The topological polar surface area (TPSA) is 24.5 Å². The molecule has 0 saturated carbocycles. The number of hydrogen-bond acceptors (Lipinski definition) is 3. The molecule has 0 aromatic heterocycles. The number of likely N-dealkylation sites (N-methyl/N-ethyl adjacent to an activating group) is 1. The van der Waals surface area contributed by atoms with E-state index in [9.17, 15) is 4.39 Å². The quantitative estimate of drug-likeness (QED) is 0.869. The maximum Gasteiger partial charge on any atom is 0.131 e. The molecule has 2 rings (SSSR count). The first-order valence-corrected chi connectivity index (χ1v) is 6.47. The smallest absolute Gasteiger partial charge is 0.131 e. The molecule has 1 N–H and O–H groups in total. The Balaban J connectivity index is 2.28. The lowest BCUT2D eigenvalue weighted by Gasteiger charge is -2.41. The SMILES string of the molecule is CCN(C1CNC1)C(C)c1c(F)cccc1OC. The Morgan fingerprint density at radius 3 is 2.72 bits per heavy atom. The van der Waals surface area contributed by atoms with E-state index >= 15 is 0 Å². The Kier molecular flexibility index (Phi) is 4.19. The highest BCUT2D eigenvalue weighted by atomic mass is 19.1. The summed E-state index contributed by atoms with van der Waals surface area (Å²) in [6.07, 6.45) is 0.